The molecule has 0 heterocycles. The molecule has 0 rings (SSSR count). The van der Waals surface area contributed by atoms with Gasteiger partial charge in [-0.15, -0.1) is 0 Å². The average Bonchev–Trinajstić information content (AvgIpc) is 2.21. The van der Waals surface area contributed by atoms with Gasteiger partial charge in [0.05, 0.1) is 12.3 Å². The van der Waals surface area contributed by atoms with Crippen LogP contribution in [0, 0.1) is 5.92 Å². The highest BCUT2D eigenvalue weighted by Crippen LogP contribution is 2.16. The summed E-state index contributed by atoms with van der Waals surface area (Å²) in [6, 6.07) is 0. The summed E-state index contributed by atoms with van der Waals surface area (Å²) < 4.78 is 4.58. The van der Waals surface area contributed by atoms with Crippen LogP contribution in [-0.2, 0) is 19.1 Å². The van der Waals surface area contributed by atoms with Crippen molar-refractivity contribution >= 4 is 17.9 Å². The molecule has 0 aromatic heterocycles. The van der Waals surface area contributed by atoms with Crippen LogP contribution in [0.25, 0.3) is 0 Å². The zero-order valence-corrected chi connectivity index (χ0v) is 8.51. The Balaban J connectivity index is 4.71. The van der Waals surface area contributed by atoms with Gasteiger partial charge in [0.1, 0.15) is 6.61 Å². The molecule has 16 heavy (non-hydrogen) atoms. The molecular weight excluding hydrogens is 216 g/mol. The third kappa shape index (κ3) is 4.41. The lowest BCUT2D eigenvalue weighted by atomic mass is 9.97. The molecule has 0 saturated heterocycles. The number of carboxylic acids is 2. The van der Waals surface area contributed by atoms with Gasteiger partial charge in [-0.2, -0.15) is 0 Å². The molecule has 6 heteroatoms. The molecule has 0 spiro atoms. The first-order valence-corrected chi connectivity index (χ1v) is 4.31. The summed E-state index contributed by atoms with van der Waals surface area (Å²) in [6.07, 6.45) is 0.625. The fourth-order valence-electron chi connectivity index (χ4n) is 0.914. The van der Waals surface area contributed by atoms with Crippen LogP contribution in [0.3, 0.4) is 0 Å². The number of carboxylic acid groups (broad SMARTS) is 2. The van der Waals surface area contributed by atoms with Crippen LogP contribution in [0.5, 0.6) is 0 Å². The second kappa shape index (κ2) is 6.39. The highest BCUT2D eigenvalue weighted by molar-refractivity contribution is 5.95. The van der Waals surface area contributed by atoms with Crippen molar-refractivity contribution in [3.63, 3.8) is 0 Å². The molecule has 0 amide bonds. The lowest BCUT2D eigenvalue weighted by Crippen LogP contribution is -2.26. The average molecular weight is 228 g/mol. The molecule has 1 atom stereocenters. The Labute approximate surface area is 91.8 Å². The normalized spacial score (nSPS) is 11.2. The summed E-state index contributed by atoms with van der Waals surface area (Å²) in [7, 11) is 0. The standard InChI is InChI=1S/C10H12O6/c1-3-4-16-10(15)7(5-8(11)12)6(2)9(13)14/h3,7H,1-2,4-5H2,(H,11,12)(H,13,14). The van der Waals surface area contributed by atoms with E-state index in [0.717, 1.165) is 0 Å². The Hall–Kier alpha value is -2.11. The van der Waals surface area contributed by atoms with Gasteiger partial charge >= 0.3 is 17.9 Å². The van der Waals surface area contributed by atoms with E-state index in [2.05, 4.69) is 17.9 Å². The second-order valence-corrected chi connectivity index (χ2v) is 2.90. The number of hydrogen-bond acceptors (Lipinski definition) is 4. The lowest BCUT2D eigenvalue weighted by molar-refractivity contribution is -0.152. The van der Waals surface area contributed by atoms with Crippen molar-refractivity contribution in [2.24, 2.45) is 5.92 Å². The molecule has 88 valence electrons. The van der Waals surface area contributed by atoms with Crippen molar-refractivity contribution in [3.8, 4) is 0 Å². The van der Waals surface area contributed by atoms with E-state index in [4.69, 9.17) is 10.2 Å². The molecule has 0 aromatic rings. The van der Waals surface area contributed by atoms with E-state index >= 15 is 0 Å². The third-order valence-electron chi connectivity index (χ3n) is 1.70. The van der Waals surface area contributed by atoms with Gasteiger partial charge in [0.2, 0.25) is 0 Å². The molecule has 0 aliphatic rings. The third-order valence-corrected chi connectivity index (χ3v) is 1.70. The molecule has 1 unspecified atom stereocenters. The maximum Gasteiger partial charge on any atom is 0.331 e. The van der Waals surface area contributed by atoms with Gasteiger partial charge in [-0.05, 0) is 0 Å². The minimum absolute atomic E-state index is 0.109. The van der Waals surface area contributed by atoms with Gasteiger partial charge in [-0.1, -0.05) is 19.2 Å². The molecule has 2 N–H and O–H groups in total. The molecule has 0 aromatic carbocycles. The van der Waals surface area contributed by atoms with E-state index in [1.54, 1.807) is 0 Å². The van der Waals surface area contributed by atoms with E-state index in [1.807, 2.05) is 0 Å². The van der Waals surface area contributed by atoms with Gasteiger partial charge in [-0.25, -0.2) is 4.79 Å². The Kier molecular flexibility index (Phi) is 5.55. The van der Waals surface area contributed by atoms with E-state index in [0.29, 0.717) is 0 Å². The van der Waals surface area contributed by atoms with Gasteiger partial charge in [0.25, 0.3) is 0 Å². The topological polar surface area (TPSA) is 101 Å². The molecule has 0 aliphatic heterocycles. The van der Waals surface area contributed by atoms with Crippen molar-refractivity contribution in [2.75, 3.05) is 6.61 Å². The van der Waals surface area contributed by atoms with Crippen LogP contribution in [0.1, 0.15) is 6.42 Å². The zero-order valence-electron chi connectivity index (χ0n) is 8.51. The van der Waals surface area contributed by atoms with Gasteiger partial charge < -0.3 is 14.9 Å². The molecule has 0 saturated carbocycles. The van der Waals surface area contributed by atoms with Crippen LogP contribution >= 0.6 is 0 Å². The lowest BCUT2D eigenvalue weighted by Gasteiger charge is -2.12. The summed E-state index contributed by atoms with van der Waals surface area (Å²) in [5.74, 6) is -5.05. The van der Waals surface area contributed by atoms with Gasteiger partial charge in [0, 0.05) is 5.57 Å². The highest BCUT2D eigenvalue weighted by Gasteiger charge is 2.29. The van der Waals surface area contributed by atoms with Crippen molar-refractivity contribution in [3.05, 3.63) is 24.8 Å². The fraction of sp³-hybridized carbons (Fsp3) is 0.300. The SMILES string of the molecule is C=CCOC(=O)C(CC(=O)O)C(=C)C(=O)O. The summed E-state index contributed by atoms with van der Waals surface area (Å²) in [5, 5.41) is 17.1. The van der Waals surface area contributed by atoms with Crippen molar-refractivity contribution < 1.29 is 29.3 Å². The number of aliphatic carboxylic acids is 2. The first-order valence-electron chi connectivity index (χ1n) is 4.31. The Bertz CT molecular complexity index is 330. The number of rotatable bonds is 7. The summed E-state index contributed by atoms with van der Waals surface area (Å²) in [5.41, 5.74) is -0.503. The minimum atomic E-state index is -1.43. The van der Waals surface area contributed by atoms with Crippen LogP contribution in [0.4, 0.5) is 0 Å². The predicted molar refractivity (Wildman–Crippen MR) is 53.7 cm³/mol. The summed E-state index contributed by atoms with van der Waals surface area (Å²) >= 11 is 0. The van der Waals surface area contributed by atoms with E-state index in [1.165, 1.54) is 6.08 Å². The highest BCUT2D eigenvalue weighted by atomic mass is 16.5. The quantitative estimate of drug-likeness (QED) is 0.372. The van der Waals surface area contributed by atoms with E-state index < -0.39 is 35.8 Å². The first kappa shape index (κ1) is 13.9. The van der Waals surface area contributed by atoms with Crippen LogP contribution in [0.15, 0.2) is 24.8 Å². The fourth-order valence-corrected chi connectivity index (χ4v) is 0.914. The van der Waals surface area contributed by atoms with Crippen molar-refractivity contribution in [2.45, 2.75) is 6.42 Å². The zero-order chi connectivity index (χ0) is 12.7. The minimum Gasteiger partial charge on any atom is -0.481 e. The first-order chi connectivity index (χ1) is 7.40. The number of hydrogen-bond donors (Lipinski definition) is 2. The van der Waals surface area contributed by atoms with Crippen molar-refractivity contribution in [1.29, 1.82) is 0 Å². The molecule has 0 bridgehead atoms. The summed E-state index contributed by atoms with van der Waals surface area (Å²) in [6.45, 7) is 6.34. The van der Waals surface area contributed by atoms with Crippen LogP contribution < -0.4 is 0 Å². The molecule has 0 radical (unpaired) electrons. The Morgan fingerprint density at radius 1 is 1.31 bits per heavy atom. The van der Waals surface area contributed by atoms with Crippen molar-refractivity contribution in [1.82, 2.24) is 0 Å². The molecule has 0 fully saturated rings. The molecule has 6 nitrogen and oxygen atoms in total. The van der Waals surface area contributed by atoms with Gasteiger partial charge in [-0.3, -0.25) is 9.59 Å². The summed E-state index contributed by atoms with van der Waals surface area (Å²) in [4.78, 5) is 32.4. The van der Waals surface area contributed by atoms with Gasteiger partial charge in [0.15, 0.2) is 0 Å². The number of esters is 1. The van der Waals surface area contributed by atoms with E-state index in [9.17, 15) is 14.4 Å². The Morgan fingerprint density at radius 3 is 2.25 bits per heavy atom. The largest absolute Gasteiger partial charge is 0.481 e. The monoisotopic (exact) mass is 228 g/mol. The number of ether oxygens (including phenoxy) is 1. The van der Waals surface area contributed by atoms with Crippen LogP contribution in [-0.4, -0.2) is 34.7 Å². The van der Waals surface area contributed by atoms with Crippen LogP contribution in [0.2, 0.25) is 0 Å². The number of carbonyl (C=O) groups excluding carboxylic acids is 1. The molecular formula is C10H12O6. The maximum atomic E-state index is 11.3. The smallest absolute Gasteiger partial charge is 0.331 e. The predicted octanol–water partition coefficient (Wildman–Crippen LogP) is 0.447. The maximum absolute atomic E-state index is 11.3. The second-order valence-electron chi connectivity index (χ2n) is 2.90. The van der Waals surface area contributed by atoms with E-state index in [-0.39, 0.29) is 6.61 Å². The number of carbonyl (C=O) groups is 3. The molecule has 0 aliphatic carbocycles. The Morgan fingerprint density at radius 2 is 1.88 bits per heavy atom.